The molecule has 118 valence electrons. The molecule has 0 amide bonds. The quantitative estimate of drug-likeness (QED) is 0.927. The summed E-state index contributed by atoms with van der Waals surface area (Å²) in [5.74, 6) is 2.11. The smallest absolute Gasteiger partial charge is 0.240 e. The van der Waals surface area contributed by atoms with Crippen LogP contribution in [0.4, 0.5) is 0 Å². The molecule has 1 spiro atoms. The molecule has 1 aliphatic carbocycles. The maximum atomic E-state index is 5.35. The van der Waals surface area contributed by atoms with Crippen molar-refractivity contribution in [1.29, 1.82) is 0 Å². The van der Waals surface area contributed by atoms with Crippen LogP contribution in [0.1, 0.15) is 57.7 Å². The zero-order valence-electron chi connectivity index (χ0n) is 13.6. The summed E-state index contributed by atoms with van der Waals surface area (Å²) < 4.78 is 5.35. The second-order valence-electron chi connectivity index (χ2n) is 7.17. The van der Waals surface area contributed by atoms with Crippen molar-refractivity contribution in [2.45, 2.75) is 71.0 Å². The molecule has 1 aliphatic heterocycles. The summed E-state index contributed by atoms with van der Waals surface area (Å²) in [5, 5.41) is 7.81. The Labute approximate surface area is 127 Å². The molecule has 5 heteroatoms. The lowest BCUT2D eigenvalue weighted by molar-refractivity contribution is 0.0244. The predicted octanol–water partition coefficient (Wildman–Crippen LogP) is 2.51. The molecular formula is C16H28N4O. The van der Waals surface area contributed by atoms with Gasteiger partial charge in [-0.25, -0.2) is 0 Å². The van der Waals surface area contributed by atoms with Crippen molar-refractivity contribution in [3.05, 3.63) is 11.7 Å². The fourth-order valence-electron chi connectivity index (χ4n) is 3.98. The van der Waals surface area contributed by atoms with Gasteiger partial charge in [-0.3, -0.25) is 4.90 Å². The minimum atomic E-state index is 0.318. The first kappa shape index (κ1) is 15.0. The molecular weight excluding hydrogens is 264 g/mol. The van der Waals surface area contributed by atoms with Crippen molar-refractivity contribution in [3.8, 4) is 0 Å². The van der Waals surface area contributed by atoms with Crippen LogP contribution < -0.4 is 5.32 Å². The van der Waals surface area contributed by atoms with Crippen molar-refractivity contribution in [3.63, 3.8) is 0 Å². The standard InChI is InChI=1S/C16H28N4O/c1-12(2)14-9-17-16(7-5-4-6-8-16)11-20(14)10-15-18-13(3)19-21-15/h12,14,17H,4-11H2,1-3H3. The number of rotatable bonds is 3. The van der Waals surface area contributed by atoms with Gasteiger partial charge in [0.15, 0.2) is 5.82 Å². The molecule has 1 N–H and O–H groups in total. The molecule has 3 rings (SSSR count). The number of nitrogens with one attached hydrogen (secondary N) is 1. The van der Waals surface area contributed by atoms with Crippen LogP contribution in [0.15, 0.2) is 4.52 Å². The van der Waals surface area contributed by atoms with Crippen molar-refractivity contribution < 1.29 is 4.52 Å². The Kier molecular flexibility index (Phi) is 4.31. The van der Waals surface area contributed by atoms with Gasteiger partial charge < -0.3 is 9.84 Å². The molecule has 1 atom stereocenters. The van der Waals surface area contributed by atoms with Crippen LogP contribution in [0.25, 0.3) is 0 Å². The third-order valence-electron chi connectivity index (χ3n) is 5.15. The van der Waals surface area contributed by atoms with E-state index in [4.69, 9.17) is 4.52 Å². The van der Waals surface area contributed by atoms with Crippen LogP contribution in [-0.2, 0) is 6.54 Å². The fraction of sp³-hybridized carbons (Fsp3) is 0.875. The summed E-state index contributed by atoms with van der Waals surface area (Å²) in [6, 6.07) is 0.546. The van der Waals surface area contributed by atoms with Crippen molar-refractivity contribution in [2.75, 3.05) is 13.1 Å². The number of hydrogen-bond donors (Lipinski definition) is 1. The van der Waals surface area contributed by atoms with Gasteiger partial charge in [0, 0.05) is 24.7 Å². The summed E-state index contributed by atoms with van der Waals surface area (Å²) in [6.07, 6.45) is 6.70. The van der Waals surface area contributed by atoms with Crippen molar-refractivity contribution in [2.24, 2.45) is 5.92 Å². The summed E-state index contributed by atoms with van der Waals surface area (Å²) in [6.45, 7) is 9.46. The largest absolute Gasteiger partial charge is 0.338 e. The first-order chi connectivity index (χ1) is 10.1. The number of nitrogens with zero attached hydrogens (tertiary/aromatic N) is 3. The SMILES string of the molecule is Cc1noc(CN2CC3(CCCCC3)NCC2C(C)C)n1. The van der Waals surface area contributed by atoms with E-state index in [0.717, 1.165) is 31.3 Å². The van der Waals surface area contributed by atoms with Crippen molar-refractivity contribution >= 4 is 0 Å². The van der Waals surface area contributed by atoms with Gasteiger partial charge in [-0.2, -0.15) is 4.98 Å². The Morgan fingerprint density at radius 3 is 2.71 bits per heavy atom. The van der Waals surface area contributed by atoms with E-state index in [-0.39, 0.29) is 0 Å². The molecule has 1 aromatic rings. The molecule has 5 nitrogen and oxygen atoms in total. The van der Waals surface area contributed by atoms with Gasteiger partial charge in [-0.05, 0) is 25.7 Å². The minimum Gasteiger partial charge on any atom is -0.338 e. The second kappa shape index (κ2) is 6.05. The first-order valence-corrected chi connectivity index (χ1v) is 8.36. The summed E-state index contributed by atoms with van der Waals surface area (Å²) in [4.78, 5) is 6.96. The molecule has 2 heterocycles. The van der Waals surface area contributed by atoms with Crippen LogP contribution in [0.2, 0.25) is 0 Å². The van der Waals surface area contributed by atoms with Gasteiger partial charge in [0.25, 0.3) is 0 Å². The fourth-order valence-corrected chi connectivity index (χ4v) is 3.98. The number of aryl methyl sites for hydroxylation is 1. The normalized spacial score (nSPS) is 26.6. The van der Waals surface area contributed by atoms with Crippen LogP contribution in [0, 0.1) is 12.8 Å². The van der Waals surface area contributed by atoms with E-state index < -0.39 is 0 Å². The summed E-state index contributed by atoms with van der Waals surface area (Å²) >= 11 is 0. The van der Waals surface area contributed by atoms with E-state index >= 15 is 0 Å². The zero-order chi connectivity index (χ0) is 14.9. The Bertz CT molecular complexity index is 465. The molecule has 2 aliphatic rings. The van der Waals surface area contributed by atoms with E-state index in [0.29, 0.717) is 17.5 Å². The summed E-state index contributed by atoms with van der Waals surface area (Å²) in [5.41, 5.74) is 0.318. The van der Waals surface area contributed by atoms with E-state index in [1.165, 1.54) is 32.1 Å². The van der Waals surface area contributed by atoms with Gasteiger partial charge in [0.2, 0.25) is 5.89 Å². The van der Waals surface area contributed by atoms with Crippen LogP contribution in [0.5, 0.6) is 0 Å². The molecule has 1 saturated heterocycles. The summed E-state index contributed by atoms with van der Waals surface area (Å²) in [7, 11) is 0. The van der Waals surface area contributed by atoms with Crippen LogP contribution in [0.3, 0.4) is 0 Å². The molecule has 1 unspecified atom stereocenters. The van der Waals surface area contributed by atoms with Gasteiger partial charge in [-0.15, -0.1) is 0 Å². The maximum absolute atomic E-state index is 5.35. The minimum absolute atomic E-state index is 0.318. The monoisotopic (exact) mass is 292 g/mol. The first-order valence-electron chi connectivity index (χ1n) is 8.36. The molecule has 1 saturated carbocycles. The average molecular weight is 292 g/mol. The van der Waals surface area contributed by atoms with Gasteiger partial charge in [-0.1, -0.05) is 38.3 Å². The maximum Gasteiger partial charge on any atom is 0.240 e. The van der Waals surface area contributed by atoms with Gasteiger partial charge in [0.1, 0.15) is 0 Å². The third kappa shape index (κ3) is 3.29. The Hall–Kier alpha value is -0.940. The van der Waals surface area contributed by atoms with E-state index in [2.05, 4.69) is 34.2 Å². The highest BCUT2D eigenvalue weighted by Gasteiger charge is 2.41. The Morgan fingerprint density at radius 2 is 2.10 bits per heavy atom. The third-order valence-corrected chi connectivity index (χ3v) is 5.15. The molecule has 1 aromatic heterocycles. The highest BCUT2D eigenvalue weighted by Crippen LogP contribution is 2.33. The lowest BCUT2D eigenvalue weighted by atomic mass is 9.78. The molecule has 21 heavy (non-hydrogen) atoms. The molecule has 0 radical (unpaired) electrons. The number of aromatic nitrogens is 2. The molecule has 0 aromatic carbocycles. The predicted molar refractivity (Wildman–Crippen MR) is 81.9 cm³/mol. The highest BCUT2D eigenvalue weighted by molar-refractivity contribution is 5.01. The lowest BCUT2D eigenvalue weighted by Crippen LogP contribution is -2.65. The van der Waals surface area contributed by atoms with E-state index in [9.17, 15) is 0 Å². The lowest BCUT2D eigenvalue weighted by Gasteiger charge is -2.50. The molecule has 2 fully saturated rings. The highest BCUT2D eigenvalue weighted by atomic mass is 16.5. The van der Waals surface area contributed by atoms with Gasteiger partial charge in [0.05, 0.1) is 6.54 Å². The average Bonchev–Trinajstić information content (AvgIpc) is 2.85. The van der Waals surface area contributed by atoms with Gasteiger partial charge >= 0.3 is 0 Å². The topological polar surface area (TPSA) is 54.2 Å². The Morgan fingerprint density at radius 1 is 1.33 bits per heavy atom. The molecule has 0 bridgehead atoms. The van der Waals surface area contributed by atoms with E-state index in [1.54, 1.807) is 0 Å². The van der Waals surface area contributed by atoms with Crippen molar-refractivity contribution in [1.82, 2.24) is 20.4 Å². The van der Waals surface area contributed by atoms with Crippen LogP contribution >= 0.6 is 0 Å². The Balaban J connectivity index is 1.74. The number of piperazine rings is 1. The second-order valence-corrected chi connectivity index (χ2v) is 7.17. The van der Waals surface area contributed by atoms with Crippen LogP contribution in [-0.4, -0.2) is 39.7 Å². The zero-order valence-corrected chi connectivity index (χ0v) is 13.6. The van der Waals surface area contributed by atoms with E-state index in [1.807, 2.05) is 6.92 Å². The number of hydrogen-bond acceptors (Lipinski definition) is 5.